The minimum atomic E-state index is 0.878. The summed E-state index contributed by atoms with van der Waals surface area (Å²) in [7, 11) is 0. The van der Waals surface area contributed by atoms with Crippen LogP contribution in [0.25, 0.3) is 10.9 Å². The van der Waals surface area contributed by atoms with E-state index >= 15 is 0 Å². The van der Waals surface area contributed by atoms with Crippen molar-refractivity contribution in [2.75, 3.05) is 0 Å². The molecule has 3 heteroatoms. The fourth-order valence-corrected chi connectivity index (χ4v) is 1.81. The Morgan fingerprint density at radius 2 is 2.20 bits per heavy atom. The highest BCUT2D eigenvalue weighted by Crippen LogP contribution is 2.28. The molecule has 0 atom stereocenters. The summed E-state index contributed by atoms with van der Waals surface area (Å²) in [6, 6.07) is 5.97. The summed E-state index contributed by atoms with van der Waals surface area (Å²) in [5.41, 5.74) is 4.11. The highest BCUT2D eigenvalue weighted by atomic mass is 32.1. The predicted octanol–water partition coefficient (Wildman–Crippen LogP) is 3.59. The predicted molar refractivity (Wildman–Crippen MR) is 65.9 cm³/mol. The van der Waals surface area contributed by atoms with Crippen LogP contribution in [0.5, 0.6) is 0 Å². The zero-order valence-electron chi connectivity index (χ0n) is 8.61. The fraction of sp³-hybridized carbons (Fsp3) is 0.167. The molecule has 74 valence electrons. The lowest BCUT2D eigenvalue weighted by Gasteiger charge is -2.06. The van der Waals surface area contributed by atoms with Crippen molar-refractivity contribution in [1.82, 2.24) is 4.98 Å². The van der Waals surface area contributed by atoms with Crippen molar-refractivity contribution in [3.63, 3.8) is 0 Å². The molecular formula is C12H10N2S. The molecular weight excluding hydrogens is 204 g/mol. The Hall–Kier alpha value is -1.57. The van der Waals surface area contributed by atoms with Crippen LogP contribution in [0.15, 0.2) is 29.4 Å². The lowest BCUT2D eigenvalue weighted by Crippen LogP contribution is -1.86. The SMILES string of the molecule is Cc1c(N=C=S)cc(C)c2ncccc12. The molecule has 0 aliphatic carbocycles. The molecule has 0 N–H and O–H groups in total. The Morgan fingerprint density at radius 3 is 2.93 bits per heavy atom. The number of hydrogen-bond acceptors (Lipinski definition) is 3. The third-order valence-corrected chi connectivity index (χ3v) is 2.58. The molecule has 0 saturated heterocycles. The second kappa shape index (κ2) is 3.89. The number of fused-ring (bicyclic) bond motifs is 1. The molecule has 0 aliphatic heterocycles. The van der Waals surface area contributed by atoms with Crippen molar-refractivity contribution in [2.24, 2.45) is 4.99 Å². The first-order chi connectivity index (χ1) is 7.24. The Morgan fingerprint density at radius 1 is 1.40 bits per heavy atom. The average Bonchev–Trinajstić information content (AvgIpc) is 2.26. The summed E-state index contributed by atoms with van der Waals surface area (Å²) in [4.78, 5) is 8.41. The van der Waals surface area contributed by atoms with Crippen LogP contribution in [-0.2, 0) is 0 Å². The monoisotopic (exact) mass is 214 g/mol. The van der Waals surface area contributed by atoms with Crippen molar-refractivity contribution in [1.29, 1.82) is 0 Å². The van der Waals surface area contributed by atoms with Crippen LogP contribution >= 0.6 is 12.2 Å². The topological polar surface area (TPSA) is 25.2 Å². The maximum Gasteiger partial charge on any atom is 0.0778 e. The second-order valence-corrected chi connectivity index (χ2v) is 3.62. The van der Waals surface area contributed by atoms with E-state index in [0.29, 0.717) is 0 Å². The maximum absolute atomic E-state index is 4.63. The van der Waals surface area contributed by atoms with Crippen LogP contribution in [0.3, 0.4) is 0 Å². The normalized spacial score (nSPS) is 10.0. The standard InChI is InChI=1S/C12H10N2S/c1-8-6-11(14-7-15)9(2)10-4-3-5-13-12(8)10/h3-6H,1-2H3. The molecule has 0 unspecified atom stereocenters. The van der Waals surface area contributed by atoms with Gasteiger partial charge in [-0.15, -0.1) is 0 Å². The van der Waals surface area contributed by atoms with Gasteiger partial charge in [0, 0.05) is 11.6 Å². The smallest absolute Gasteiger partial charge is 0.0778 e. The van der Waals surface area contributed by atoms with E-state index in [9.17, 15) is 0 Å². The van der Waals surface area contributed by atoms with Gasteiger partial charge in [0.25, 0.3) is 0 Å². The Labute approximate surface area is 93.7 Å². The number of thiocarbonyl (C=S) groups is 1. The quantitative estimate of drug-likeness (QED) is 0.535. The number of pyridine rings is 1. The van der Waals surface area contributed by atoms with Crippen LogP contribution in [0.2, 0.25) is 0 Å². The number of aryl methyl sites for hydroxylation is 2. The number of benzene rings is 1. The molecule has 2 nitrogen and oxygen atoms in total. The molecule has 0 amide bonds. The minimum Gasteiger partial charge on any atom is -0.256 e. The number of isothiocyanates is 1. The molecule has 0 fully saturated rings. The minimum absolute atomic E-state index is 0.878. The third kappa shape index (κ3) is 1.67. The van der Waals surface area contributed by atoms with Crippen LogP contribution < -0.4 is 0 Å². The highest BCUT2D eigenvalue weighted by molar-refractivity contribution is 7.78. The number of hydrogen-bond donors (Lipinski definition) is 0. The molecule has 2 rings (SSSR count). The molecule has 0 spiro atoms. The van der Waals surface area contributed by atoms with E-state index in [1.165, 1.54) is 0 Å². The molecule has 0 radical (unpaired) electrons. The molecule has 1 aromatic heterocycles. The number of nitrogens with zero attached hydrogens (tertiary/aromatic N) is 2. The van der Waals surface area contributed by atoms with Gasteiger partial charge in [0.1, 0.15) is 0 Å². The number of aliphatic imine (C=N–C) groups is 1. The van der Waals surface area contributed by atoms with Crippen LogP contribution in [0, 0.1) is 13.8 Å². The van der Waals surface area contributed by atoms with Gasteiger partial charge >= 0.3 is 0 Å². The van der Waals surface area contributed by atoms with E-state index in [4.69, 9.17) is 0 Å². The zero-order valence-corrected chi connectivity index (χ0v) is 9.43. The molecule has 1 heterocycles. The second-order valence-electron chi connectivity index (χ2n) is 3.44. The lowest BCUT2D eigenvalue weighted by atomic mass is 10.0. The highest BCUT2D eigenvalue weighted by Gasteiger charge is 2.05. The van der Waals surface area contributed by atoms with Gasteiger partial charge in [0.05, 0.1) is 16.4 Å². The molecule has 2 aromatic rings. The summed E-state index contributed by atoms with van der Waals surface area (Å²) >= 11 is 4.63. The van der Waals surface area contributed by atoms with Gasteiger partial charge in [0.15, 0.2) is 0 Å². The Balaban J connectivity index is 2.90. The van der Waals surface area contributed by atoms with Gasteiger partial charge in [-0.1, -0.05) is 6.07 Å². The maximum atomic E-state index is 4.63. The van der Waals surface area contributed by atoms with Crippen molar-refractivity contribution >= 4 is 34.0 Å². The van der Waals surface area contributed by atoms with E-state index in [-0.39, 0.29) is 0 Å². The first-order valence-electron chi connectivity index (χ1n) is 4.67. The van der Waals surface area contributed by atoms with Crippen molar-refractivity contribution < 1.29 is 0 Å². The molecule has 1 aromatic carbocycles. The largest absolute Gasteiger partial charge is 0.256 e. The van der Waals surface area contributed by atoms with E-state index in [2.05, 4.69) is 27.4 Å². The molecule has 0 aliphatic rings. The summed E-state index contributed by atoms with van der Waals surface area (Å²) in [6.07, 6.45) is 1.80. The van der Waals surface area contributed by atoms with Gasteiger partial charge in [-0.05, 0) is 49.3 Å². The molecule has 15 heavy (non-hydrogen) atoms. The van der Waals surface area contributed by atoms with Gasteiger partial charge in [-0.2, -0.15) is 4.99 Å². The number of aromatic nitrogens is 1. The van der Waals surface area contributed by atoms with Crippen LogP contribution in [0.4, 0.5) is 5.69 Å². The van der Waals surface area contributed by atoms with Gasteiger partial charge in [0.2, 0.25) is 0 Å². The van der Waals surface area contributed by atoms with E-state index < -0.39 is 0 Å². The van der Waals surface area contributed by atoms with E-state index in [1.54, 1.807) is 6.20 Å². The van der Waals surface area contributed by atoms with E-state index in [1.807, 2.05) is 32.0 Å². The summed E-state index contributed by atoms with van der Waals surface area (Å²) in [5.74, 6) is 0. The van der Waals surface area contributed by atoms with E-state index in [0.717, 1.165) is 27.7 Å². The van der Waals surface area contributed by atoms with Crippen LogP contribution in [-0.4, -0.2) is 10.1 Å². The van der Waals surface area contributed by atoms with Crippen molar-refractivity contribution in [3.8, 4) is 0 Å². The lowest BCUT2D eigenvalue weighted by molar-refractivity contribution is 1.33. The summed E-state index contributed by atoms with van der Waals surface area (Å²) < 4.78 is 0. The Kier molecular flexibility index (Phi) is 2.58. The first-order valence-corrected chi connectivity index (χ1v) is 5.07. The van der Waals surface area contributed by atoms with Gasteiger partial charge < -0.3 is 0 Å². The summed E-state index contributed by atoms with van der Waals surface area (Å²) in [6.45, 7) is 4.05. The van der Waals surface area contributed by atoms with Gasteiger partial charge in [-0.3, -0.25) is 4.98 Å². The first kappa shape index (κ1) is 9.97. The molecule has 0 saturated carbocycles. The fourth-order valence-electron chi connectivity index (χ4n) is 1.71. The summed E-state index contributed by atoms with van der Waals surface area (Å²) in [5, 5.41) is 3.53. The van der Waals surface area contributed by atoms with Crippen LogP contribution in [0.1, 0.15) is 11.1 Å². The van der Waals surface area contributed by atoms with Gasteiger partial charge in [-0.25, -0.2) is 0 Å². The van der Waals surface area contributed by atoms with Crippen molar-refractivity contribution in [2.45, 2.75) is 13.8 Å². The Bertz CT molecular complexity index is 569. The number of rotatable bonds is 1. The third-order valence-electron chi connectivity index (χ3n) is 2.49. The average molecular weight is 214 g/mol. The molecule has 0 bridgehead atoms. The zero-order chi connectivity index (χ0) is 10.8. The van der Waals surface area contributed by atoms with Crippen molar-refractivity contribution in [3.05, 3.63) is 35.5 Å².